The third kappa shape index (κ3) is 6.44. The van der Waals surface area contributed by atoms with Gasteiger partial charge in [0.05, 0.1) is 12.4 Å². The lowest BCUT2D eigenvalue weighted by molar-refractivity contribution is -0.112. The molecular formula is C24H24N4O5S2. The maximum atomic E-state index is 12.6. The van der Waals surface area contributed by atoms with Crippen molar-refractivity contribution in [2.24, 2.45) is 0 Å². The normalized spacial score (nSPS) is 11.7. The molecule has 0 aliphatic carbocycles. The van der Waals surface area contributed by atoms with Crippen molar-refractivity contribution in [1.29, 1.82) is 5.26 Å². The second kappa shape index (κ2) is 11.1. The molecule has 3 rings (SSSR count). The molecule has 0 saturated heterocycles. The minimum atomic E-state index is -3.67. The lowest BCUT2D eigenvalue weighted by atomic mass is 10.1. The number of carbonyl (C=O) groups is 1. The second-order valence-electron chi connectivity index (χ2n) is 7.78. The topological polar surface area (TPSA) is 131 Å². The predicted octanol–water partition coefficient (Wildman–Crippen LogP) is 4.16. The predicted molar refractivity (Wildman–Crippen MR) is 133 cm³/mol. The SMILES string of the molecule is COc1cc(C=C(C#N)C(=O)Nc2nc(S(=O)(=O)C(C)C)ns2)ccc1OCc1ccc(C)cc1. The molecule has 1 heterocycles. The number of hydrogen-bond acceptors (Lipinski definition) is 9. The number of nitriles is 1. The third-order valence-electron chi connectivity index (χ3n) is 4.88. The molecule has 11 heteroatoms. The van der Waals surface area contributed by atoms with Crippen LogP contribution in [0.15, 0.2) is 53.2 Å². The Hall–Kier alpha value is -3.75. The minimum Gasteiger partial charge on any atom is -0.493 e. The van der Waals surface area contributed by atoms with Crippen LogP contribution in [0.3, 0.4) is 0 Å². The fourth-order valence-electron chi connectivity index (χ4n) is 2.81. The van der Waals surface area contributed by atoms with Crippen LogP contribution in [0.2, 0.25) is 0 Å². The minimum absolute atomic E-state index is 0.0205. The van der Waals surface area contributed by atoms with E-state index in [1.165, 1.54) is 27.0 Å². The number of rotatable bonds is 9. The summed E-state index contributed by atoms with van der Waals surface area (Å²) in [5.74, 6) is 0.216. The van der Waals surface area contributed by atoms with E-state index in [0.29, 0.717) is 23.7 Å². The summed E-state index contributed by atoms with van der Waals surface area (Å²) in [6, 6.07) is 14.8. The van der Waals surface area contributed by atoms with E-state index < -0.39 is 21.0 Å². The number of anilines is 1. The van der Waals surface area contributed by atoms with Crippen LogP contribution in [0.4, 0.5) is 5.13 Å². The first-order valence-electron chi connectivity index (χ1n) is 10.5. The number of hydrogen-bond donors (Lipinski definition) is 1. The maximum absolute atomic E-state index is 12.6. The van der Waals surface area contributed by atoms with Gasteiger partial charge in [0.1, 0.15) is 18.2 Å². The van der Waals surface area contributed by atoms with Crippen molar-refractivity contribution in [2.75, 3.05) is 12.4 Å². The number of nitrogens with zero attached hydrogens (tertiary/aromatic N) is 3. The molecule has 0 fully saturated rings. The van der Waals surface area contributed by atoms with Crippen molar-refractivity contribution < 1.29 is 22.7 Å². The molecule has 0 unspecified atom stereocenters. The van der Waals surface area contributed by atoms with Gasteiger partial charge in [-0.25, -0.2) is 8.42 Å². The Morgan fingerprint density at radius 2 is 1.91 bits per heavy atom. The highest BCUT2D eigenvalue weighted by Gasteiger charge is 2.25. The van der Waals surface area contributed by atoms with E-state index in [-0.39, 0.29) is 15.9 Å². The standard InChI is InChI=1S/C24H24N4O5S2/c1-15(2)35(30,31)24-27-23(34-28-24)26-22(29)19(13-25)11-18-9-10-20(21(12-18)32-4)33-14-17-7-5-16(3)6-8-17/h5-12,15H,14H2,1-4H3,(H,26,27,28,29). The molecule has 2 aromatic carbocycles. The summed E-state index contributed by atoms with van der Waals surface area (Å²) in [4.78, 5) is 16.4. The van der Waals surface area contributed by atoms with Gasteiger partial charge in [0.25, 0.3) is 11.1 Å². The molecule has 9 nitrogen and oxygen atoms in total. The van der Waals surface area contributed by atoms with Crippen molar-refractivity contribution in [1.82, 2.24) is 9.36 Å². The van der Waals surface area contributed by atoms with Gasteiger partial charge in [0, 0.05) is 11.5 Å². The zero-order valence-corrected chi connectivity index (χ0v) is 21.2. The number of amides is 1. The third-order valence-corrected chi connectivity index (χ3v) is 7.56. The highest BCUT2D eigenvalue weighted by Crippen LogP contribution is 2.30. The van der Waals surface area contributed by atoms with Gasteiger partial charge in [-0.2, -0.15) is 14.6 Å². The number of methoxy groups -OCH3 is 1. The van der Waals surface area contributed by atoms with Gasteiger partial charge in [-0.15, -0.1) is 0 Å². The summed E-state index contributed by atoms with van der Waals surface area (Å²) >= 11 is 0.723. The fraction of sp³-hybridized carbons (Fsp3) is 0.250. The molecule has 0 saturated carbocycles. The average molecular weight is 513 g/mol. The van der Waals surface area contributed by atoms with Crippen molar-refractivity contribution in [3.63, 3.8) is 0 Å². The molecule has 0 atom stereocenters. The van der Waals surface area contributed by atoms with Crippen LogP contribution >= 0.6 is 11.5 Å². The van der Waals surface area contributed by atoms with Crippen LogP contribution in [-0.2, 0) is 21.2 Å². The van der Waals surface area contributed by atoms with E-state index in [9.17, 15) is 18.5 Å². The Labute approximate surface area is 208 Å². The molecule has 1 N–H and O–H groups in total. The van der Waals surface area contributed by atoms with Crippen LogP contribution in [-0.4, -0.2) is 36.0 Å². The number of ether oxygens (including phenoxy) is 2. The van der Waals surface area contributed by atoms with Crippen molar-refractivity contribution in [3.05, 3.63) is 64.7 Å². The zero-order valence-electron chi connectivity index (χ0n) is 19.6. The quantitative estimate of drug-likeness (QED) is 0.334. The Morgan fingerprint density at radius 3 is 2.54 bits per heavy atom. The lowest BCUT2D eigenvalue weighted by Gasteiger charge is -2.12. The first-order valence-corrected chi connectivity index (χ1v) is 12.8. The molecule has 0 aliphatic rings. The largest absolute Gasteiger partial charge is 0.493 e. The molecule has 3 aromatic rings. The Kier molecular flexibility index (Phi) is 8.22. The van der Waals surface area contributed by atoms with Gasteiger partial charge in [-0.05, 0) is 50.1 Å². The van der Waals surface area contributed by atoms with E-state index >= 15 is 0 Å². The fourth-order valence-corrected chi connectivity index (χ4v) is 4.50. The summed E-state index contributed by atoms with van der Waals surface area (Å²) in [6.45, 7) is 5.39. The average Bonchev–Trinajstić information content (AvgIpc) is 3.31. The molecule has 35 heavy (non-hydrogen) atoms. The molecule has 182 valence electrons. The number of aryl methyl sites for hydroxylation is 1. The molecule has 0 radical (unpaired) electrons. The van der Waals surface area contributed by atoms with E-state index in [1.54, 1.807) is 18.2 Å². The molecule has 1 amide bonds. The summed E-state index contributed by atoms with van der Waals surface area (Å²) < 4.78 is 39.4. The second-order valence-corrected chi connectivity index (χ2v) is 10.9. The molecular weight excluding hydrogens is 488 g/mol. The molecule has 0 bridgehead atoms. The van der Waals surface area contributed by atoms with Gasteiger partial charge >= 0.3 is 0 Å². The summed E-state index contributed by atoms with van der Waals surface area (Å²) in [7, 11) is -2.17. The first kappa shape index (κ1) is 25.9. The molecule has 1 aromatic heterocycles. The number of sulfone groups is 1. The zero-order chi connectivity index (χ0) is 25.6. The van der Waals surface area contributed by atoms with Crippen LogP contribution in [0.1, 0.15) is 30.5 Å². The van der Waals surface area contributed by atoms with Gasteiger partial charge in [0.15, 0.2) is 11.5 Å². The van der Waals surface area contributed by atoms with Crippen LogP contribution < -0.4 is 14.8 Å². The number of aromatic nitrogens is 2. The van der Waals surface area contributed by atoms with Gasteiger partial charge in [-0.1, -0.05) is 35.9 Å². The van der Waals surface area contributed by atoms with E-state index in [2.05, 4.69) is 14.7 Å². The van der Waals surface area contributed by atoms with Crippen LogP contribution in [0.25, 0.3) is 6.08 Å². The van der Waals surface area contributed by atoms with E-state index in [0.717, 1.165) is 22.7 Å². The maximum Gasteiger partial charge on any atom is 0.268 e. The molecule has 0 aliphatic heterocycles. The Bertz CT molecular complexity index is 1390. The summed E-state index contributed by atoms with van der Waals surface area (Å²) in [5.41, 5.74) is 2.50. The van der Waals surface area contributed by atoms with Crippen LogP contribution in [0.5, 0.6) is 11.5 Å². The Balaban J connectivity index is 1.74. The van der Waals surface area contributed by atoms with E-state index in [1.807, 2.05) is 37.3 Å². The van der Waals surface area contributed by atoms with Gasteiger partial charge in [-0.3, -0.25) is 10.1 Å². The molecule has 0 spiro atoms. The lowest BCUT2D eigenvalue weighted by Crippen LogP contribution is -2.16. The van der Waals surface area contributed by atoms with Crippen LogP contribution in [0, 0.1) is 18.3 Å². The van der Waals surface area contributed by atoms with Crippen molar-refractivity contribution in [2.45, 2.75) is 37.8 Å². The van der Waals surface area contributed by atoms with E-state index in [4.69, 9.17) is 9.47 Å². The Morgan fingerprint density at radius 1 is 1.20 bits per heavy atom. The van der Waals surface area contributed by atoms with Crippen molar-refractivity contribution >= 4 is 38.5 Å². The van der Waals surface area contributed by atoms with Crippen molar-refractivity contribution in [3.8, 4) is 17.6 Å². The highest BCUT2D eigenvalue weighted by molar-refractivity contribution is 7.91. The smallest absolute Gasteiger partial charge is 0.268 e. The number of nitrogens with one attached hydrogen (secondary N) is 1. The first-order chi connectivity index (χ1) is 16.6. The monoisotopic (exact) mass is 512 g/mol. The van der Waals surface area contributed by atoms with Gasteiger partial charge in [0.2, 0.25) is 15.0 Å². The number of benzene rings is 2. The van der Waals surface area contributed by atoms with Gasteiger partial charge < -0.3 is 9.47 Å². The number of carbonyl (C=O) groups excluding carboxylic acids is 1. The summed E-state index contributed by atoms with van der Waals surface area (Å²) in [6.07, 6.45) is 1.38. The highest BCUT2D eigenvalue weighted by atomic mass is 32.2. The summed E-state index contributed by atoms with van der Waals surface area (Å²) in [5, 5.41) is 10.8.